The van der Waals surface area contributed by atoms with Crippen molar-refractivity contribution in [2.24, 2.45) is 0 Å². The van der Waals surface area contributed by atoms with Crippen LogP contribution in [0.15, 0.2) is 17.1 Å². The number of ether oxygens (including phenoxy) is 1. The summed E-state index contributed by atoms with van der Waals surface area (Å²) in [6.07, 6.45) is 10.4. The molecule has 0 bridgehead atoms. The molecule has 1 heterocycles. The molecule has 0 spiro atoms. The second kappa shape index (κ2) is 19.7. The van der Waals surface area contributed by atoms with Crippen molar-refractivity contribution in [2.75, 3.05) is 36.8 Å². The van der Waals surface area contributed by atoms with E-state index in [0.717, 1.165) is 5.75 Å². The molecular weight excluding hydrogens is 487 g/mol. The smallest absolute Gasteiger partial charge is 0.353 e. The second-order valence-electron chi connectivity index (χ2n) is 7.48. The summed E-state index contributed by atoms with van der Waals surface area (Å²) in [5.74, 6) is 1.76. The fourth-order valence-electron chi connectivity index (χ4n) is 2.83. The van der Waals surface area contributed by atoms with Gasteiger partial charge in [-0.15, -0.1) is 0 Å². The monoisotopic (exact) mass is 528 g/mol. The quantitative estimate of drug-likeness (QED) is 0.109. The molecule has 0 saturated heterocycles. The number of unbranched alkanes of at least 4 members (excludes halogenated alkanes) is 7. The number of hydrogen-bond acceptors (Lipinski definition) is 10. The summed E-state index contributed by atoms with van der Waals surface area (Å²) in [7, 11) is -0.565. The van der Waals surface area contributed by atoms with E-state index in [1.54, 1.807) is 21.6 Å². The Morgan fingerprint density at radius 3 is 2.42 bits per heavy atom. The van der Waals surface area contributed by atoms with Crippen molar-refractivity contribution >= 4 is 35.0 Å². The number of nitrogens with two attached hydrogens (primary N) is 1. The van der Waals surface area contributed by atoms with Gasteiger partial charge < -0.3 is 31.1 Å². The van der Waals surface area contributed by atoms with E-state index in [1.807, 2.05) is 0 Å². The van der Waals surface area contributed by atoms with Crippen molar-refractivity contribution in [1.82, 2.24) is 15.7 Å². The van der Waals surface area contributed by atoms with Gasteiger partial charge in [-0.25, -0.2) is 4.79 Å². The number of anilines is 1. The average molecular weight is 529 g/mol. The van der Waals surface area contributed by atoms with Crippen LogP contribution in [-0.2, 0) is 20.4 Å². The van der Waals surface area contributed by atoms with Gasteiger partial charge in [0.15, 0.2) is 0 Å². The van der Waals surface area contributed by atoms with Gasteiger partial charge in [0.2, 0.25) is 0 Å². The van der Waals surface area contributed by atoms with E-state index in [2.05, 4.69) is 11.9 Å². The van der Waals surface area contributed by atoms with Gasteiger partial charge in [0.05, 0.1) is 25.9 Å². The van der Waals surface area contributed by atoms with Crippen LogP contribution in [-0.4, -0.2) is 56.7 Å². The Kier molecular flexibility index (Phi) is 19.3. The van der Waals surface area contributed by atoms with Crippen LogP contribution in [0.3, 0.4) is 0 Å². The van der Waals surface area contributed by atoms with Gasteiger partial charge in [0.1, 0.15) is 12.2 Å². The molecule has 1 aromatic heterocycles. The van der Waals surface area contributed by atoms with E-state index in [-0.39, 0.29) is 25.1 Å². The first-order valence-corrected chi connectivity index (χ1v) is 15.4. The van der Waals surface area contributed by atoms with Gasteiger partial charge in [-0.3, -0.25) is 9.13 Å². The fraction of sp³-hybridized carbons (Fsp3) is 0.800. The lowest BCUT2D eigenvalue weighted by Gasteiger charge is -2.19. The maximum atomic E-state index is 12.1. The molecule has 33 heavy (non-hydrogen) atoms. The highest BCUT2D eigenvalue weighted by molar-refractivity contribution is 8.76. The Morgan fingerprint density at radius 1 is 1.15 bits per heavy atom. The summed E-state index contributed by atoms with van der Waals surface area (Å²) in [6, 6.07) is 1.44. The Labute approximate surface area is 204 Å². The van der Waals surface area contributed by atoms with E-state index in [0.29, 0.717) is 5.75 Å². The van der Waals surface area contributed by atoms with E-state index in [9.17, 15) is 19.4 Å². The fourth-order valence-corrected chi connectivity index (χ4v) is 5.77. The lowest BCUT2D eigenvalue weighted by Crippen LogP contribution is -2.32. The average Bonchev–Trinajstić information content (AvgIpc) is 2.75. The van der Waals surface area contributed by atoms with Crippen molar-refractivity contribution in [1.29, 1.82) is 0 Å². The molecule has 0 aromatic carbocycles. The normalized spacial score (nSPS) is 13.9. The molecule has 2 atom stereocenters. The third-order valence-electron chi connectivity index (χ3n) is 4.60. The van der Waals surface area contributed by atoms with E-state index in [4.69, 9.17) is 15.0 Å². The molecule has 194 valence electrons. The topological polar surface area (TPSA) is 172 Å². The van der Waals surface area contributed by atoms with Crippen molar-refractivity contribution in [3.8, 4) is 0 Å². The van der Waals surface area contributed by atoms with Crippen LogP contribution in [0.4, 0.5) is 5.82 Å². The molecule has 1 aromatic rings. The molecular formula is C20H41N4O6PS2. The van der Waals surface area contributed by atoms with Crippen LogP contribution in [0.1, 0.15) is 58.3 Å². The Balaban J connectivity index is 0.0000102. The highest BCUT2D eigenvalue weighted by atomic mass is 33.1. The molecule has 0 aliphatic carbocycles. The summed E-state index contributed by atoms with van der Waals surface area (Å²) in [5, 5.41) is 9.42. The van der Waals surface area contributed by atoms with Crippen LogP contribution >= 0.6 is 29.2 Å². The molecule has 10 nitrogen and oxygen atoms in total. The zero-order valence-corrected chi connectivity index (χ0v) is 22.1. The maximum absolute atomic E-state index is 12.1. The van der Waals surface area contributed by atoms with Crippen molar-refractivity contribution in [2.45, 2.75) is 70.9 Å². The van der Waals surface area contributed by atoms with E-state index < -0.39 is 32.3 Å². The summed E-state index contributed by atoms with van der Waals surface area (Å²) in [4.78, 5) is 25.2. The molecule has 1 rings (SSSR count). The third-order valence-corrected chi connectivity index (χ3v) is 8.11. The third kappa shape index (κ3) is 16.6. The molecule has 0 aliphatic rings. The molecule has 7 N–H and O–H groups in total. The molecule has 13 heteroatoms. The number of nitrogens with zero attached hydrogens (tertiary/aromatic N) is 2. The first-order chi connectivity index (χ1) is 15.4. The van der Waals surface area contributed by atoms with E-state index >= 15 is 0 Å². The zero-order valence-electron chi connectivity index (χ0n) is 19.6. The number of aliphatic hydroxyl groups is 1. The van der Waals surface area contributed by atoms with Gasteiger partial charge in [-0.1, -0.05) is 73.5 Å². The molecule has 1 unspecified atom stereocenters. The first-order valence-electron chi connectivity index (χ1n) is 11.1. The molecule has 0 amide bonds. The zero-order chi connectivity index (χ0) is 23.7. The number of rotatable bonds is 20. The lowest BCUT2D eigenvalue weighted by molar-refractivity contribution is 0.0170. The van der Waals surface area contributed by atoms with Gasteiger partial charge in [-0.05, 0) is 12.5 Å². The van der Waals surface area contributed by atoms with Gasteiger partial charge >= 0.3 is 13.3 Å². The standard InChI is InChI=1S/C20H38N3O6PS2.H3N/c1-2-3-4-5-6-7-8-9-13-31-32-14-12-29-30(26,27)17-28-18(16-24)15-23-11-10-19(21)22-20(23)25;/h10-11,18,24H,2-9,12-17H2,1H3,(H,26,27)(H2,21,22,25);1H3/t18-;/m0./s1. The number of aliphatic hydroxyl groups excluding tert-OH is 1. The minimum Gasteiger partial charge on any atom is -0.394 e. The largest absolute Gasteiger partial charge is 0.394 e. The highest BCUT2D eigenvalue weighted by Crippen LogP contribution is 2.42. The number of nitrogen functional groups attached to an aromatic ring is 1. The number of hydrogen-bond donors (Lipinski definition) is 4. The Hall–Kier alpha value is -0.590. The van der Waals surface area contributed by atoms with Gasteiger partial charge in [0.25, 0.3) is 0 Å². The van der Waals surface area contributed by atoms with Crippen LogP contribution < -0.4 is 17.6 Å². The van der Waals surface area contributed by atoms with Gasteiger partial charge in [0, 0.05) is 17.7 Å². The minimum atomic E-state index is -3.95. The molecule has 0 fully saturated rings. The maximum Gasteiger partial charge on any atom is 0.353 e. The minimum absolute atomic E-state index is 0. The second-order valence-corrected chi connectivity index (χ2v) is 12.0. The highest BCUT2D eigenvalue weighted by Gasteiger charge is 2.22. The van der Waals surface area contributed by atoms with E-state index in [1.165, 1.54) is 68.2 Å². The van der Waals surface area contributed by atoms with Gasteiger partial charge in [-0.2, -0.15) is 4.98 Å². The predicted octanol–water partition coefficient (Wildman–Crippen LogP) is 4.05. The van der Waals surface area contributed by atoms with Crippen molar-refractivity contribution in [3.05, 3.63) is 22.7 Å². The van der Waals surface area contributed by atoms with Crippen LogP contribution in [0.5, 0.6) is 0 Å². The summed E-state index contributed by atoms with van der Waals surface area (Å²) >= 11 is 0. The van der Waals surface area contributed by atoms with Crippen LogP contribution in [0.2, 0.25) is 0 Å². The summed E-state index contributed by atoms with van der Waals surface area (Å²) in [6.45, 7) is 1.92. The first kappa shape index (κ1) is 32.4. The molecule has 0 saturated carbocycles. The molecule has 0 radical (unpaired) electrons. The summed E-state index contributed by atoms with van der Waals surface area (Å²) in [5.41, 5.74) is 4.85. The lowest BCUT2D eigenvalue weighted by atomic mass is 10.1. The summed E-state index contributed by atoms with van der Waals surface area (Å²) < 4.78 is 23.7. The Morgan fingerprint density at radius 2 is 1.79 bits per heavy atom. The predicted molar refractivity (Wildman–Crippen MR) is 138 cm³/mol. The van der Waals surface area contributed by atoms with Crippen molar-refractivity contribution in [3.63, 3.8) is 0 Å². The van der Waals surface area contributed by atoms with Crippen molar-refractivity contribution < 1.29 is 23.8 Å². The Bertz CT molecular complexity index is 728. The molecule has 0 aliphatic heterocycles. The van der Waals surface area contributed by atoms with Crippen LogP contribution in [0, 0.1) is 0 Å². The SMILES string of the molecule is CCCCCCCCCCSSCCOP(=O)(O)CO[C@H](CO)Cn1ccc(N)nc1=O.N. The van der Waals surface area contributed by atoms with Crippen LogP contribution in [0.25, 0.3) is 0 Å². The number of aromatic nitrogens is 2.